The molecule has 2 aromatic rings. The van der Waals surface area contributed by atoms with Crippen molar-refractivity contribution >= 4 is 0 Å². The van der Waals surface area contributed by atoms with Gasteiger partial charge in [0.05, 0.1) is 0 Å². The van der Waals surface area contributed by atoms with E-state index in [1.165, 1.54) is 5.56 Å². The van der Waals surface area contributed by atoms with Gasteiger partial charge in [0.1, 0.15) is 24.2 Å². The zero-order valence-corrected chi connectivity index (χ0v) is 14.7. The van der Waals surface area contributed by atoms with E-state index < -0.39 is 0 Å². The van der Waals surface area contributed by atoms with E-state index in [1.807, 2.05) is 24.5 Å². The molecule has 0 bridgehead atoms. The molecule has 1 unspecified atom stereocenters. The van der Waals surface area contributed by atoms with Gasteiger partial charge in [-0.15, -0.1) is 0 Å². The molecule has 24 heavy (non-hydrogen) atoms. The summed E-state index contributed by atoms with van der Waals surface area (Å²) in [5, 5.41) is 0. The molecule has 0 radical (unpaired) electrons. The van der Waals surface area contributed by atoms with Crippen LogP contribution in [0.4, 0.5) is 0 Å². The summed E-state index contributed by atoms with van der Waals surface area (Å²) >= 11 is 0. The highest BCUT2D eigenvalue weighted by atomic mass is 16.5. The van der Waals surface area contributed by atoms with Crippen LogP contribution in [0.25, 0.3) is 11.1 Å². The van der Waals surface area contributed by atoms with Crippen molar-refractivity contribution in [2.45, 2.75) is 45.8 Å². The van der Waals surface area contributed by atoms with Crippen LogP contribution >= 0.6 is 0 Å². The van der Waals surface area contributed by atoms with E-state index in [0.717, 1.165) is 35.5 Å². The van der Waals surface area contributed by atoms with Crippen molar-refractivity contribution in [2.24, 2.45) is 11.7 Å². The summed E-state index contributed by atoms with van der Waals surface area (Å²) in [4.78, 5) is 4.24. The monoisotopic (exact) mass is 326 g/mol. The Morgan fingerprint density at radius 3 is 2.83 bits per heavy atom. The quantitative estimate of drug-likeness (QED) is 0.857. The largest absolute Gasteiger partial charge is 0.492 e. The standard InChI is InChI=1S/C20H26N2O2/c1-4-19-18-11-22-8-7-16(18)17-6-5-15(10-20(17)24-19)23-12-14(21)9-13(2)3/h5-8,10-11,13-14,19H,4,9,12,21H2,1-3H3/t14-,19?/m0/s1. The van der Waals surface area contributed by atoms with Crippen molar-refractivity contribution in [2.75, 3.05) is 6.61 Å². The first kappa shape index (κ1) is 16.8. The van der Waals surface area contributed by atoms with E-state index in [9.17, 15) is 0 Å². The molecule has 1 aliphatic rings. The van der Waals surface area contributed by atoms with Gasteiger partial charge in [-0.1, -0.05) is 20.8 Å². The predicted molar refractivity (Wildman–Crippen MR) is 96.3 cm³/mol. The Morgan fingerprint density at radius 1 is 1.25 bits per heavy atom. The number of benzene rings is 1. The summed E-state index contributed by atoms with van der Waals surface area (Å²) in [6.45, 7) is 6.99. The molecular weight excluding hydrogens is 300 g/mol. The third kappa shape index (κ3) is 3.54. The molecule has 4 nitrogen and oxygen atoms in total. The van der Waals surface area contributed by atoms with Gasteiger partial charge in [0.25, 0.3) is 0 Å². The van der Waals surface area contributed by atoms with Gasteiger partial charge >= 0.3 is 0 Å². The molecule has 1 aromatic heterocycles. The number of nitrogens with zero attached hydrogens (tertiary/aromatic N) is 1. The smallest absolute Gasteiger partial charge is 0.131 e. The van der Waals surface area contributed by atoms with Gasteiger partial charge in [-0.3, -0.25) is 4.98 Å². The Hall–Kier alpha value is -2.07. The predicted octanol–water partition coefficient (Wildman–Crippen LogP) is 4.34. The van der Waals surface area contributed by atoms with Crippen LogP contribution in [0, 0.1) is 5.92 Å². The number of rotatable bonds is 6. The lowest BCUT2D eigenvalue weighted by Crippen LogP contribution is -2.29. The first-order valence-electron chi connectivity index (χ1n) is 8.71. The summed E-state index contributed by atoms with van der Waals surface area (Å²) in [5.74, 6) is 2.25. The third-order valence-corrected chi connectivity index (χ3v) is 4.32. The number of nitrogens with two attached hydrogens (primary N) is 1. The van der Waals surface area contributed by atoms with Crippen molar-refractivity contribution in [3.8, 4) is 22.6 Å². The summed E-state index contributed by atoms with van der Waals surface area (Å²) in [6, 6.07) is 8.13. The third-order valence-electron chi connectivity index (χ3n) is 4.32. The lowest BCUT2D eigenvalue weighted by Gasteiger charge is -2.28. The lowest BCUT2D eigenvalue weighted by molar-refractivity contribution is 0.195. The fourth-order valence-electron chi connectivity index (χ4n) is 3.22. The second-order valence-corrected chi connectivity index (χ2v) is 6.84. The molecule has 128 valence electrons. The first-order chi connectivity index (χ1) is 11.6. The summed E-state index contributed by atoms with van der Waals surface area (Å²) < 4.78 is 12.0. The molecule has 2 N–H and O–H groups in total. The number of hydrogen-bond donors (Lipinski definition) is 1. The average Bonchev–Trinajstić information content (AvgIpc) is 2.58. The Morgan fingerprint density at radius 2 is 2.08 bits per heavy atom. The number of hydrogen-bond acceptors (Lipinski definition) is 4. The Kier molecular flexibility index (Phi) is 5.05. The Bertz CT molecular complexity index is 700. The topological polar surface area (TPSA) is 57.4 Å². The zero-order chi connectivity index (χ0) is 17.1. The minimum absolute atomic E-state index is 0.0413. The van der Waals surface area contributed by atoms with Gasteiger partial charge in [0.15, 0.2) is 0 Å². The van der Waals surface area contributed by atoms with Crippen LogP contribution in [-0.4, -0.2) is 17.6 Å². The second-order valence-electron chi connectivity index (χ2n) is 6.84. The van der Waals surface area contributed by atoms with Gasteiger partial charge in [-0.05, 0) is 42.5 Å². The molecule has 4 heteroatoms. The lowest BCUT2D eigenvalue weighted by atomic mass is 9.93. The van der Waals surface area contributed by atoms with Crippen molar-refractivity contribution in [1.29, 1.82) is 0 Å². The molecule has 2 heterocycles. The molecule has 0 saturated heterocycles. The molecule has 0 amide bonds. The van der Waals surface area contributed by atoms with Crippen molar-refractivity contribution in [3.05, 3.63) is 42.2 Å². The van der Waals surface area contributed by atoms with Crippen LogP contribution in [0.3, 0.4) is 0 Å². The van der Waals surface area contributed by atoms with Gasteiger partial charge < -0.3 is 15.2 Å². The minimum atomic E-state index is 0.0413. The fraction of sp³-hybridized carbons (Fsp3) is 0.450. The van der Waals surface area contributed by atoms with E-state index in [4.69, 9.17) is 15.2 Å². The Labute approximate surface area is 144 Å². The highest BCUT2D eigenvalue weighted by Gasteiger charge is 2.25. The van der Waals surface area contributed by atoms with Gasteiger partial charge in [-0.25, -0.2) is 0 Å². The minimum Gasteiger partial charge on any atom is -0.492 e. The molecule has 0 spiro atoms. The van der Waals surface area contributed by atoms with E-state index in [1.54, 1.807) is 0 Å². The molecule has 1 aliphatic heterocycles. The number of pyridine rings is 1. The molecule has 1 aromatic carbocycles. The number of ether oxygens (including phenoxy) is 2. The van der Waals surface area contributed by atoms with Crippen LogP contribution in [0.5, 0.6) is 11.5 Å². The molecule has 0 aliphatic carbocycles. The highest BCUT2D eigenvalue weighted by Crippen LogP contribution is 2.44. The Balaban J connectivity index is 1.80. The van der Waals surface area contributed by atoms with Gasteiger partial charge in [0, 0.05) is 35.6 Å². The molecule has 0 saturated carbocycles. The number of aromatic nitrogens is 1. The first-order valence-corrected chi connectivity index (χ1v) is 8.71. The maximum absolute atomic E-state index is 6.17. The van der Waals surface area contributed by atoms with Crippen molar-refractivity contribution in [3.63, 3.8) is 0 Å². The molecular formula is C20H26N2O2. The molecule has 3 rings (SSSR count). The second kappa shape index (κ2) is 7.22. The summed E-state index contributed by atoms with van der Waals surface area (Å²) in [5.41, 5.74) is 9.55. The van der Waals surface area contributed by atoms with Crippen LogP contribution in [0.2, 0.25) is 0 Å². The highest BCUT2D eigenvalue weighted by molar-refractivity contribution is 5.76. The van der Waals surface area contributed by atoms with Gasteiger partial charge in [0.2, 0.25) is 0 Å². The zero-order valence-electron chi connectivity index (χ0n) is 14.7. The van der Waals surface area contributed by atoms with Crippen molar-refractivity contribution < 1.29 is 9.47 Å². The van der Waals surface area contributed by atoms with E-state index in [2.05, 4.69) is 37.9 Å². The number of fused-ring (bicyclic) bond motifs is 3. The fourth-order valence-corrected chi connectivity index (χ4v) is 3.22. The van der Waals surface area contributed by atoms with Crippen LogP contribution in [-0.2, 0) is 0 Å². The SMILES string of the molecule is CCC1Oc2cc(OC[C@@H](N)CC(C)C)ccc2-c2ccncc21. The van der Waals surface area contributed by atoms with Crippen LogP contribution < -0.4 is 15.2 Å². The van der Waals surface area contributed by atoms with E-state index in [0.29, 0.717) is 12.5 Å². The molecule has 2 atom stereocenters. The van der Waals surface area contributed by atoms with Crippen LogP contribution in [0.15, 0.2) is 36.7 Å². The van der Waals surface area contributed by atoms with E-state index in [-0.39, 0.29) is 12.1 Å². The average molecular weight is 326 g/mol. The van der Waals surface area contributed by atoms with E-state index >= 15 is 0 Å². The maximum Gasteiger partial charge on any atom is 0.131 e. The normalized spacial score (nSPS) is 17.0. The maximum atomic E-state index is 6.17. The van der Waals surface area contributed by atoms with Crippen molar-refractivity contribution in [1.82, 2.24) is 4.98 Å². The molecule has 0 fully saturated rings. The summed E-state index contributed by atoms with van der Waals surface area (Å²) in [6.07, 6.45) is 5.64. The summed E-state index contributed by atoms with van der Waals surface area (Å²) in [7, 11) is 0. The van der Waals surface area contributed by atoms with Gasteiger partial charge in [-0.2, -0.15) is 0 Å². The van der Waals surface area contributed by atoms with Crippen LogP contribution in [0.1, 0.15) is 45.3 Å².